The second-order valence-corrected chi connectivity index (χ2v) is 8.64. The Bertz CT molecular complexity index is 1190. The van der Waals surface area contributed by atoms with Crippen molar-refractivity contribution in [1.29, 1.82) is 0 Å². The van der Waals surface area contributed by atoms with Gasteiger partial charge < -0.3 is 14.8 Å². The molecule has 1 aliphatic rings. The fourth-order valence-corrected chi connectivity index (χ4v) is 4.60. The van der Waals surface area contributed by atoms with Gasteiger partial charge in [0, 0.05) is 58.2 Å². The molecule has 0 atom stereocenters. The Morgan fingerprint density at radius 3 is 2.81 bits per heavy atom. The first-order valence-electron chi connectivity index (χ1n) is 10.8. The molecule has 2 aromatic heterocycles. The van der Waals surface area contributed by atoms with Crippen molar-refractivity contribution < 1.29 is 9.59 Å². The third kappa shape index (κ3) is 4.15. The normalized spacial score (nSPS) is 13.8. The quantitative estimate of drug-likeness (QED) is 0.550. The van der Waals surface area contributed by atoms with E-state index in [9.17, 15) is 9.59 Å². The third-order valence-corrected chi connectivity index (χ3v) is 6.26. The van der Waals surface area contributed by atoms with Gasteiger partial charge in [-0.25, -0.2) is 0 Å². The van der Waals surface area contributed by atoms with Crippen molar-refractivity contribution in [2.24, 2.45) is 0 Å². The predicted octanol–water partition coefficient (Wildman–Crippen LogP) is 4.13. The average Bonchev–Trinajstić information content (AvgIpc) is 3.01. The molecular formula is C25H27ClN4O2. The maximum absolute atomic E-state index is 12.8. The summed E-state index contributed by atoms with van der Waals surface area (Å²) in [7, 11) is 0. The molecule has 2 amide bonds. The molecule has 1 fully saturated rings. The van der Waals surface area contributed by atoms with Gasteiger partial charge in [-0.3, -0.25) is 14.6 Å². The first-order chi connectivity index (χ1) is 15.4. The molecule has 0 aliphatic carbocycles. The van der Waals surface area contributed by atoms with E-state index in [2.05, 4.69) is 29.9 Å². The Kier molecular flexibility index (Phi) is 6.33. The molecule has 4 rings (SSSR count). The maximum atomic E-state index is 12.8. The molecule has 1 aliphatic heterocycles. The topological polar surface area (TPSA) is 67.2 Å². The van der Waals surface area contributed by atoms with Crippen LogP contribution in [0.5, 0.6) is 0 Å². The lowest BCUT2D eigenvalue weighted by Gasteiger charge is -2.38. The fourth-order valence-electron chi connectivity index (χ4n) is 4.43. The van der Waals surface area contributed by atoms with Crippen molar-refractivity contribution in [2.75, 3.05) is 13.1 Å². The SMILES string of the molecule is C=CC(=O)N1CC(NC(=O)Cn2c(C)c(-c3cnccc3CCC)c3cc(Cl)ccc32)C1. The second kappa shape index (κ2) is 9.17. The van der Waals surface area contributed by atoms with Gasteiger partial charge in [0.15, 0.2) is 0 Å². The molecule has 0 unspecified atom stereocenters. The fraction of sp³-hybridized carbons (Fsp3) is 0.320. The number of carbonyl (C=O) groups excluding carboxylic acids is 2. The van der Waals surface area contributed by atoms with E-state index < -0.39 is 0 Å². The van der Waals surface area contributed by atoms with Crippen molar-refractivity contribution in [3.63, 3.8) is 0 Å². The summed E-state index contributed by atoms with van der Waals surface area (Å²) in [5.74, 6) is -0.189. The number of hydrogen-bond acceptors (Lipinski definition) is 3. The van der Waals surface area contributed by atoms with E-state index in [1.165, 1.54) is 11.6 Å². The molecule has 1 N–H and O–H groups in total. The zero-order chi connectivity index (χ0) is 22.8. The van der Waals surface area contributed by atoms with Gasteiger partial charge in [0.1, 0.15) is 6.54 Å². The Labute approximate surface area is 192 Å². The van der Waals surface area contributed by atoms with Gasteiger partial charge in [-0.05, 0) is 49.2 Å². The first kappa shape index (κ1) is 22.1. The number of fused-ring (bicyclic) bond motifs is 1. The van der Waals surface area contributed by atoms with Crippen molar-refractivity contribution in [3.05, 3.63) is 65.6 Å². The first-order valence-corrected chi connectivity index (χ1v) is 11.2. The number of aromatic nitrogens is 2. The zero-order valence-corrected chi connectivity index (χ0v) is 19.2. The van der Waals surface area contributed by atoms with E-state index in [1.807, 2.05) is 42.1 Å². The summed E-state index contributed by atoms with van der Waals surface area (Å²) in [5, 5.41) is 4.70. The molecule has 7 heteroatoms. The van der Waals surface area contributed by atoms with E-state index in [-0.39, 0.29) is 24.4 Å². The van der Waals surface area contributed by atoms with Gasteiger partial charge in [0.25, 0.3) is 0 Å². The van der Waals surface area contributed by atoms with Gasteiger partial charge in [0.05, 0.1) is 6.04 Å². The molecule has 0 spiro atoms. The minimum atomic E-state index is -0.108. The van der Waals surface area contributed by atoms with Crippen LogP contribution in [0.1, 0.15) is 24.6 Å². The van der Waals surface area contributed by atoms with Crippen molar-refractivity contribution in [1.82, 2.24) is 19.8 Å². The highest BCUT2D eigenvalue weighted by Gasteiger charge is 2.30. The van der Waals surface area contributed by atoms with E-state index in [1.54, 1.807) is 4.90 Å². The van der Waals surface area contributed by atoms with Gasteiger partial charge in [-0.1, -0.05) is 31.5 Å². The Morgan fingerprint density at radius 1 is 1.31 bits per heavy atom. The molecule has 6 nitrogen and oxygen atoms in total. The number of nitrogens with one attached hydrogen (secondary N) is 1. The molecule has 0 radical (unpaired) electrons. The van der Waals surface area contributed by atoms with Crippen LogP contribution < -0.4 is 5.32 Å². The smallest absolute Gasteiger partial charge is 0.246 e. The number of halogens is 1. The van der Waals surface area contributed by atoms with Crippen LogP contribution in [0, 0.1) is 6.92 Å². The monoisotopic (exact) mass is 450 g/mol. The summed E-state index contributed by atoms with van der Waals surface area (Å²) in [6, 6.07) is 7.80. The number of aryl methyl sites for hydroxylation is 1. The lowest BCUT2D eigenvalue weighted by atomic mass is 9.97. The standard InChI is InChI=1S/C25H27ClN4O2/c1-4-6-17-9-10-27-12-21(17)25-16(3)30(22-8-7-18(26)11-20(22)25)15-23(31)28-19-13-29(14-19)24(32)5-2/h5,7-12,19H,2,4,6,13-15H2,1,3H3,(H,28,31). The number of rotatable bonds is 7. The number of amides is 2. The number of benzene rings is 1. The van der Waals surface area contributed by atoms with E-state index in [0.29, 0.717) is 18.1 Å². The van der Waals surface area contributed by atoms with Gasteiger partial charge in [-0.15, -0.1) is 0 Å². The van der Waals surface area contributed by atoms with Crippen LogP contribution in [0.15, 0.2) is 49.3 Å². The lowest BCUT2D eigenvalue weighted by Crippen LogP contribution is -2.61. The van der Waals surface area contributed by atoms with Gasteiger partial charge in [0.2, 0.25) is 11.8 Å². The number of hydrogen-bond donors (Lipinski definition) is 1. The number of pyridine rings is 1. The zero-order valence-electron chi connectivity index (χ0n) is 18.4. The summed E-state index contributed by atoms with van der Waals surface area (Å²) in [5.41, 5.74) is 5.34. The third-order valence-electron chi connectivity index (χ3n) is 6.02. The highest BCUT2D eigenvalue weighted by Crippen LogP contribution is 2.37. The van der Waals surface area contributed by atoms with E-state index in [4.69, 9.17) is 11.6 Å². The average molecular weight is 451 g/mol. The summed E-state index contributed by atoms with van der Waals surface area (Å²) in [4.78, 5) is 30.5. The molecule has 166 valence electrons. The Morgan fingerprint density at radius 2 is 2.09 bits per heavy atom. The summed E-state index contributed by atoms with van der Waals surface area (Å²) in [6.45, 7) is 8.91. The van der Waals surface area contributed by atoms with Crippen LogP contribution in [0.2, 0.25) is 5.02 Å². The van der Waals surface area contributed by atoms with Crippen LogP contribution in [0.25, 0.3) is 22.0 Å². The number of likely N-dealkylation sites (tertiary alicyclic amines) is 1. The molecule has 32 heavy (non-hydrogen) atoms. The minimum absolute atomic E-state index is 0.0306. The lowest BCUT2D eigenvalue weighted by molar-refractivity contribution is -0.133. The van der Waals surface area contributed by atoms with Gasteiger partial charge in [-0.2, -0.15) is 0 Å². The summed E-state index contributed by atoms with van der Waals surface area (Å²) in [6.07, 6.45) is 7.00. The molecule has 3 heterocycles. The summed E-state index contributed by atoms with van der Waals surface area (Å²) >= 11 is 6.35. The van der Waals surface area contributed by atoms with Crippen molar-refractivity contribution in [2.45, 2.75) is 39.3 Å². The van der Waals surface area contributed by atoms with E-state index in [0.717, 1.165) is 40.6 Å². The van der Waals surface area contributed by atoms with E-state index >= 15 is 0 Å². The van der Waals surface area contributed by atoms with Crippen LogP contribution in [-0.2, 0) is 22.6 Å². The Balaban J connectivity index is 1.65. The van der Waals surface area contributed by atoms with Crippen molar-refractivity contribution >= 4 is 34.3 Å². The maximum Gasteiger partial charge on any atom is 0.246 e. The highest BCUT2D eigenvalue weighted by molar-refractivity contribution is 6.31. The molecule has 3 aromatic rings. The Hall–Kier alpha value is -3.12. The molecular weight excluding hydrogens is 424 g/mol. The van der Waals surface area contributed by atoms with Gasteiger partial charge >= 0.3 is 0 Å². The number of nitrogens with zero attached hydrogens (tertiary/aromatic N) is 3. The predicted molar refractivity (Wildman–Crippen MR) is 128 cm³/mol. The summed E-state index contributed by atoms with van der Waals surface area (Å²) < 4.78 is 2.03. The molecule has 0 saturated carbocycles. The van der Waals surface area contributed by atoms with Crippen molar-refractivity contribution in [3.8, 4) is 11.1 Å². The largest absolute Gasteiger partial charge is 0.348 e. The number of carbonyl (C=O) groups is 2. The van der Waals surface area contributed by atoms with Crippen LogP contribution >= 0.6 is 11.6 Å². The van der Waals surface area contributed by atoms with Crippen LogP contribution in [0.3, 0.4) is 0 Å². The van der Waals surface area contributed by atoms with Crippen LogP contribution in [-0.4, -0.2) is 45.4 Å². The highest BCUT2D eigenvalue weighted by atomic mass is 35.5. The molecule has 1 aromatic carbocycles. The molecule has 1 saturated heterocycles. The second-order valence-electron chi connectivity index (χ2n) is 8.20. The molecule has 0 bridgehead atoms. The van der Waals surface area contributed by atoms with Crippen LogP contribution in [0.4, 0.5) is 0 Å². The minimum Gasteiger partial charge on any atom is -0.348 e.